The van der Waals surface area contributed by atoms with E-state index in [1.807, 2.05) is 0 Å². The number of ether oxygens (including phenoxy) is 1. The molecule has 0 aromatic rings. The van der Waals surface area contributed by atoms with Crippen LogP contribution in [0.1, 0.15) is 27.2 Å². The molecule has 4 nitrogen and oxygen atoms in total. The molecule has 0 rings (SSSR count). The van der Waals surface area contributed by atoms with Gasteiger partial charge in [0.1, 0.15) is 0 Å². The lowest BCUT2D eigenvalue weighted by Gasteiger charge is -2.19. The second-order valence-corrected chi connectivity index (χ2v) is 2.82. The van der Waals surface area contributed by atoms with E-state index in [1.54, 1.807) is 20.8 Å². The van der Waals surface area contributed by atoms with Crippen molar-refractivity contribution in [1.82, 2.24) is 0 Å². The number of aliphatic hydroxyl groups excluding tert-OH is 1. The van der Waals surface area contributed by atoms with Crippen molar-refractivity contribution in [3.8, 4) is 0 Å². The molecular weight excluding hydrogens is 160 g/mol. The monoisotopic (exact) mass is 176 g/mol. The maximum Gasteiger partial charge on any atom is 0.332 e. The minimum Gasteiger partial charge on any atom is -0.479 e. The zero-order chi connectivity index (χ0) is 9.72. The Morgan fingerprint density at radius 2 is 2.00 bits per heavy atom. The Labute approximate surface area is 72.2 Å². The standard InChI is InChI=1S/C8H16O4/c1-4-7(8(10)11)12-6(3)5(2)9/h5-7,9H,4H2,1-3H3,(H,10,11). The zero-order valence-corrected chi connectivity index (χ0v) is 7.65. The minimum absolute atomic E-state index is 0.409. The van der Waals surface area contributed by atoms with Gasteiger partial charge < -0.3 is 14.9 Å². The van der Waals surface area contributed by atoms with Gasteiger partial charge >= 0.3 is 5.97 Å². The molecule has 0 fully saturated rings. The molecule has 0 radical (unpaired) electrons. The molecule has 0 amide bonds. The number of hydrogen-bond acceptors (Lipinski definition) is 3. The summed E-state index contributed by atoms with van der Waals surface area (Å²) in [4.78, 5) is 10.5. The molecule has 3 atom stereocenters. The number of carbonyl (C=O) groups is 1. The van der Waals surface area contributed by atoms with Gasteiger partial charge in [-0.25, -0.2) is 4.79 Å². The van der Waals surface area contributed by atoms with E-state index in [9.17, 15) is 4.79 Å². The maximum atomic E-state index is 10.5. The number of aliphatic carboxylic acids is 1. The Kier molecular flexibility index (Phi) is 4.85. The maximum absolute atomic E-state index is 10.5. The third-order valence-electron chi connectivity index (χ3n) is 1.70. The molecule has 3 unspecified atom stereocenters. The van der Waals surface area contributed by atoms with Crippen LogP contribution in [0.3, 0.4) is 0 Å². The van der Waals surface area contributed by atoms with Crippen LogP contribution in [-0.2, 0) is 9.53 Å². The molecule has 0 saturated heterocycles. The zero-order valence-electron chi connectivity index (χ0n) is 7.65. The van der Waals surface area contributed by atoms with E-state index in [4.69, 9.17) is 14.9 Å². The fourth-order valence-electron chi connectivity index (χ4n) is 0.702. The van der Waals surface area contributed by atoms with Crippen molar-refractivity contribution in [1.29, 1.82) is 0 Å². The predicted octanol–water partition coefficient (Wildman–Crippen LogP) is 0.635. The van der Waals surface area contributed by atoms with E-state index in [0.717, 1.165) is 0 Å². The summed E-state index contributed by atoms with van der Waals surface area (Å²) in [5, 5.41) is 17.6. The van der Waals surface area contributed by atoms with Crippen molar-refractivity contribution in [3.05, 3.63) is 0 Å². The molecule has 0 bridgehead atoms. The largest absolute Gasteiger partial charge is 0.479 e. The molecule has 0 aromatic carbocycles. The summed E-state index contributed by atoms with van der Waals surface area (Å²) in [5.74, 6) is -0.981. The molecular formula is C8H16O4. The van der Waals surface area contributed by atoms with E-state index in [-0.39, 0.29) is 0 Å². The average molecular weight is 176 g/mol. The number of aliphatic hydroxyl groups is 1. The lowest BCUT2D eigenvalue weighted by Crippen LogP contribution is -2.32. The molecule has 0 aliphatic carbocycles. The highest BCUT2D eigenvalue weighted by Gasteiger charge is 2.20. The molecule has 0 aliphatic rings. The smallest absolute Gasteiger partial charge is 0.332 e. The number of rotatable bonds is 5. The van der Waals surface area contributed by atoms with Crippen LogP contribution >= 0.6 is 0 Å². The molecule has 12 heavy (non-hydrogen) atoms. The lowest BCUT2D eigenvalue weighted by molar-refractivity contribution is -0.157. The second-order valence-electron chi connectivity index (χ2n) is 2.82. The Balaban J connectivity index is 3.94. The van der Waals surface area contributed by atoms with Gasteiger partial charge in [0.15, 0.2) is 6.10 Å². The van der Waals surface area contributed by atoms with Gasteiger partial charge in [-0.2, -0.15) is 0 Å². The summed E-state index contributed by atoms with van der Waals surface area (Å²) in [5.41, 5.74) is 0. The van der Waals surface area contributed by atoms with Crippen LogP contribution in [0.15, 0.2) is 0 Å². The van der Waals surface area contributed by atoms with Crippen LogP contribution in [-0.4, -0.2) is 34.5 Å². The van der Waals surface area contributed by atoms with Gasteiger partial charge in [-0.05, 0) is 20.3 Å². The Morgan fingerprint density at radius 3 is 2.25 bits per heavy atom. The first-order valence-electron chi connectivity index (χ1n) is 4.05. The first-order valence-corrected chi connectivity index (χ1v) is 4.05. The van der Waals surface area contributed by atoms with Crippen LogP contribution in [0, 0.1) is 0 Å². The Hall–Kier alpha value is -0.610. The van der Waals surface area contributed by atoms with Crippen LogP contribution in [0.25, 0.3) is 0 Å². The first kappa shape index (κ1) is 11.4. The van der Waals surface area contributed by atoms with Crippen LogP contribution in [0.2, 0.25) is 0 Å². The highest BCUT2D eigenvalue weighted by molar-refractivity contribution is 5.72. The van der Waals surface area contributed by atoms with Crippen molar-refractivity contribution < 1.29 is 19.7 Å². The van der Waals surface area contributed by atoms with Gasteiger partial charge in [0, 0.05) is 0 Å². The van der Waals surface area contributed by atoms with Crippen LogP contribution < -0.4 is 0 Å². The van der Waals surface area contributed by atoms with Gasteiger partial charge in [-0.1, -0.05) is 6.92 Å². The third-order valence-corrected chi connectivity index (χ3v) is 1.70. The number of carboxylic acids is 1. The average Bonchev–Trinajstić information content (AvgIpc) is 1.98. The van der Waals surface area contributed by atoms with Crippen molar-refractivity contribution in [3.63, 3.8) is 0 Å². The third kappa shape index (κ3) is 3.69. The summed E-state index contributed by atoms with van der Waals surface area (Å²) in [6.45, 7) is 4.95. The lowest BCUT2D eigenvalue weighted by atomic mass is 10.2. The van der Waals surface area contributed by atoms with Gasteiger partial charge in [0.05, 0.1) is 12.2 Å². The molecule has 72 valence electrons. The van der Waals surface area contributed by atoms with Crippen LogP contribution in [0.5, 0.6) is 0 Å². The molecule has 0 spiro atoms. The van der Waals surface area contributed by atoms with Gasteiger partial charge in [-0.3, -0.25) is 0 Å². The molecule has 0 saturated carbocycles. The second kappa shape index (κ2) is 5.11. The molecule has 4 heteroatoms. The molecule has 2 N–H and O–H groups in total. The van der Waals surface area contributed by atoms with Crippen molar-refractivity contribution in [2.75, 3.05) is 0 Å². The van der Waals surface area contributed by atoms with E-state index >= 15 is 0 Å². The summed E-state index contributed by atoms with van der Waals surface area (Å²) >= 11 is 0. The highest BCUT2D eigenvalue weighted by atomic mass is 16.5. The summed E-state index contributed by atoms with van der Waals surface area (Å²) < 4.78 is 5.07. The van der Waals surface area contributed by atoms with E-state index < -0.39 is 24.3 Å². The fraction of sp³-hybridized carbons (Fsp3) is 0.875. The molecule has 0 aromatic heterocycles. The summed E-state index contributed by atoms with van der Waals surface area (Å²) in [7, 11) is 0. The molecule has 0 heterocycles. The SMILES string of the molecule is CCC(OC(C)C(C)O)C(=O)O. The van der Waals surface area contributed by atoms with Crippen molar-refractivity contribution in [2.45, 2.75) is 45.5 Å². The van der Waals surface area contributed by atoms with E-state index in [1.165, 1.54) is 0 Å². The Morgan fingerprint density at radius 1 is 1.50 bits per heavy atom. The highest BCUT2D eigenvalue weighted by Crippen LogP contribution is 2.06. The summed E-state index contributed by atoms with van der Waals surface area (Å²) in [6, 6.07) is 0. The minimum atomic E-state index is -0.981. The van der Waals surface area contributed by atoms with Gasteiger partial charge in [0.2, 0.25) is 0 Å². The number of carboxylic acid groups (broad SMARTS) is 1. The normalized spacial score (nSPS) is 18.3. The molecule has 0 aliphatic heterocycles. The quantitative estimate of drug-likeness (QED) is 0.645. The number of hydrogen-bond donors (Lipinski definition) is 2. The van der Waals surface area contributed by atoms with Crippen LogP contribution in [0.4, 0.5) is 0 Å². The Bertz CT molecular complexity index is 144. The fourth-order valence-corrected chi connectivity index (χ4v) is 0.702. The topological polar surface area (TPSA) is 66.8 Å². The van der Waals surface area contributed by atoms with Gasteiger partial charge in [0.25, 0.3) is 0 Å². The summed E-state index contributed by atoms with van der Waals surface area (Å²) in [6.07, 6.45) is -1.48. The van der Waals surface area contributed by atoms with Crippen molar-refractivity contribution in [2.24, 2.45) is 0 Å². The van der Waals surface area contributed by atoms with E-state index in [0.29, 0.717) is 6.42 Å². The predicted molar refractivity (Wildman–Crippen MR) is 43.9 cm³/mol. The van der Waals surface area contributed by atoms with Crippen molar-refractivity contribution >= 4 is 5.97 Å². The van der Waals surface area contributed by atoms with Gasteiger partial charge in [-0.15, -0.1) is 0 Å². The van der Waals surface area contributed by atoms with E-state index in [2.05, 4.69) is 0 Å². The first-order chi connectivity index (χ1) is 5.49.